The molecule has 1 aliphatic heterocycles. The number of nitrogens with zero attached hydrogens (tertiary/aromatic N) is 6. The van der Waals surface area contributed by atoms with Gasteiger partial charge >= 0.3 is 12.2 Å². The minimum atomic E-state index is -1.68. The second-order valence-electron chi connectivity index (χ2n) is 8.73. The molecule has 0 saturated heterocycles. The first-order chi connectivity index (χ1) is 16.8. The predicted octanol–water partition coefficient (Wildman–Crippen LogP) is 2.83. The van der Waals surface area contributed by atoms with E-state index >= 15 is 0 Å². The fraction of sp³-hybridized carbons (Fsp3) is 0.455. The lowest BCUT2D eigenvalue weighted by atomic mass is 10.1. The number of carbonyl (C=O) groups is 2. The van der Waals surface area contributed by atoms with Gasteiger partial charge in [-0.2, -0.15) is 10.1 Å². The van der Waals surface area contributed by atoms with Crippen LogP contribution >= 0.6 is 11.8 Å². The zero-order valence-corrected chi connectivity index (χ0v) is 20.3. The highest BCUT2D eigenvalue weighted by molar-refractivity contribution is 7.99. The van der Waals surface area contributed by atoms with Gasteiger partial charge in [-0.05, 0) is 26.7 Å². The Kier molecular flexibility index (Phi) is 5.97. The Morgan fingerprint density at radius 3 is 2.63 bits per heavy atom. The number of anilines is 1. The van der Waals surface area contributed by atoms with Gasteiger partial charge in [0.2, 0.25) is 5.95 Å². The molecular weight excluding hydrogens is 474 g/mol. The van der Waals surface area contributed by atoms with Crippen LogP contribution in [-0.2, 0) is 13.0 Å². The molecule has 5 rings (SSSR count). The van der Waals surface area contributed by atoms with Crippen molar-refractivity contribution in [3.8, 4) is 5.75 Å². The molecule has 184 valence electrons. The molecule has 35 heavy (non-hydrogen) atoms. The zero-order chi connectivity index (χ0) is 24.9. The molecular formula is C22H25N7O5S. The maximum absolute atomic E-state index is 11.7. The molecule has 1 unspecified atom stereocenters. The number of amides is 2. The summed E-state index contributed by atoms with van der Waals surface area (Å²) in [5, 5.41) is 28.7. The SMILES string of the molecule is COc1c(C)cnc(Cn2nc3c4c(nc(N(C(=O)O)C(=O)O)nc42)SCC(NC2CC2)C3)c1C. The second-order valence-corrected chi connectivity index (χ2v) is 9.74. The number of carboxylic acid groups (broad SMARTS) is 2. The number of methoxy groups -OCH3 is 1. The van der Waals surface area contributed by atoms with Crippen LogP contribution in [0.3, 0.4) is 0 Å². The summed E-state index contributed by atoms with van der Waals surface area (Å²) < 4.78 is 7.17. The quantitative estimate of drug-likeness (QED) is 0.429. The highest BCUT2D eigenvalue weighted by Crippen LogP contribution is 2.36. The molecule has 3 N–H and O–H groups in total. The van der Waals surface area contributed by atoms with E-state index in [0.29, 0.717) is 34.3 Å². The largest absolute Gasteiger partial charge is 0.496 e. The molecule has 0 spiro atoms. The molecule has 1 saturated carbocycles. The monoisotopic (exact) mass is 499 g/mol. The Morgan fingerprint density at radius 1 is 1.23 bits per heavy atom. The third-order valence-corrected chi connectivity index (χ3v) is 7.30. The molecule has 0 radical (unpaired) electrons. The summed E-state index contributed by atoms with van der Waals surface area (Å²) in [7, 11) is 1.61. The van der Waals surface area contributed by atoms with Crippen LogP contribution in [0.5, 0.6) is 5.75 Å². The van der Waals surface area contributed by atoms with Gasteiger partial charge in [0.1, 0.15) is 10.8 Å². The summed E-state index contributed by atoms with van der Waals surface area (Å²) in [5.41, 5.74) is 3.65. The molecule has 12 nitrogen and oxygen atoms in total. The number of aryl methyl sites for hydroxylation is 1. The van der Waals surface area contributed by atoms with Crippen LogP contribution in [-0.4, -0.2) is 72.1 Å². The van der Waals surface area contributed by atoms with Crippen LogP contribution in [0.25, 0.3) is 11.0 Å². The van der Waals surface area contributed by atoms with Gasteiger partial charge in [-0.25, -0.2) is 19.3 Å². The van der Waals surface area contributed by atoms with Crippen LogP contribution in [0.4, 0.5) is 15.5 Å². The topological polar surface area (TPSA) is 156 Å². The maximum atomic E-state index is 11.7. The molecule has 0 aromatic carbocycles. The van der Waals surface area contributed by atoms with Crippen molar-refractivity contribution in [2.45, 2.75) is 56.8 Å². The van der Waals surface area contributed by atoms with E-state index in [1.54, 1.807) is 18.0 Å². The molecule has 3 aromatic heterocycles. The summed E-state index contributed by atoms with van der Waals surface area (Å²) >= 11 is 1.45. The van der Waals surface area contributed by atoms with E-state index < -0.39 is 18.1 Å². The number of pyridine rings is 1. The predicted molar refractivity (Wildman–Crippen MR) is 128 cm³/mol. The van der Waals surface area contributed by atoms with Gasteiger partial charge < -0.3 is 20.3 Å². The minimum Gasteiger partial charge on any atom is -0.496 e. The Morgan fingerprint density at radius 2 is 1.97 bits per heavy atom. The number of hydrogen-bond acceptors (Lipinski definition) is 9. The number of imide groups is 1. The smallest absolute Gasteiger partial charge is 0.424 e. The molecule has 3 aromatic rings. The normalized spacial score (nSPS) is 17.3. The third-order valence-electron chi connectivity index (χ3n) is 6.16. The number of ether oxygens (including phenoxy) is 1. The van der Waals surface area contributed by atoms with Crippen LogP contribution in [0.2, 0.25) is 0 Å². The first kappa shape index (κ1) is 23.3. The number of nitrogens with one attached hydrogen (secondary N) is 1. The number of hydrogen-bond donors (Lipinski definition) is 3. The number of aromatic nitrogens is 5. The summed E-state index contributed by atoms with van der Waals surface area (Å²) in [6.07, 6.45) is 1.33. The van der Waals surface area contributed by atoms with E-state index in [4.69, 9.17) is 9.84 Å². The van der Waals surface area contributed by atoms with Gasteiger partial charge in [-0.3, -0.25) is 4.98 Å². The van der Waals surface area contributed by atoms with E-state index in [1.807, 2.05) is 13.8 Å². The van der Waals surface area contributed by atoms with Gasteiger partial charge in [-0.15, -0.1) is 16.7 Å². The molecule has 4 heterocycles. The Balaban J connectivity index is 1.64. The van der Waals surface area contributed by atoms with Crippen molar-refractivity contribution >= 4 is 40.9 Å². The average Bonchev–Trinajstić information content (AvgIpc) is 3.57. The Labute approximate surface area is 204 Å². The van der Waals surface area contributed by atoms with Crippen molar-refractivity contribution in [1.82, 2.24) is 30.0 Å². The van der Waals surface area contributed by atoms with Crippen LogP contribution in [0.15, 0.2) is 11.2 Å². The summed E-state index contributed by atoms with van der Waals surface area (Å²) in [6, 6.07) is 0.661. The molecule has 1 fully saturated rings. The highest BCUT2D eigenvalue weighted by atomic mass is 32.2. The summed E-state index contributed by atoms with van der Waals surface area (Å²) in [6.45, 7) is 4.08. The maximum Gasteiger partial charge on any atom is 0.424 e. The van der Waals surface area contributed by atoms with Crippen molar-refractivity contribution in [2.24, 2.45) is 0 Å². The van der Waals surface area contributed by atoms with E-state index in [9.17, 15) is 19.8 Å². The fourth-order valence-electron chi connectivity index (χ4n) is 4.35. The molecule has 1 atom stereocenters. The standard InChI is InChI=1S/C22H25N7O5S/c1-10-7-23-15(11(2)17(10)34-3)8-28-18-16-14(27-28)6-13(24-12-4-5-12)9-35-19(16)26-20(25-18)29(21(30)31)22(32)33/h7,12-13,24H,4-6,8-9H2,1-3H3,(H,30,31)(H,32,33). The van der Waals surface area contributed by atoms with E-state index in [2.05, 4.69) is 20.3 Å². The molecule has 0 bridgehead atoms. The van der Waals surface area contributed by atoms with Crippen molar-refractivity contribution in [3.63, 3.8) is 0 Å². The van der Waals surface area contributed by atoms with Gasteiger partial charge in [0.15, 0.2) is 5.65 Å². The molecule has 2 amide bonds. The van der Waals surface area contributed by atoms with Crippen molar-refractivity contribution in [3.05, 3.63) is 28.7 Å². The van der Waals surface area contributed by atoms with Crippen molar-refractivity contribution in [2.75, 3.05) is 17.8 Å². The lowest BCUT2D eigenvalue weighted by Crippen LogP contribution is -2.36. The second kappa shape index (κ2) is 8.96. The lowest BCUT2D eigenvalue weighted by molar-refractivity contribution is 0.183. The first-order valence-corrected chi connectivity index (χ1v) is 12.2. The summed E-state index contributed by atoms with van der Waals surface area (Å²) in [5.74, 6) is 1.01. The van der Waals surface area contributed by atoms with Gasteiger partial charge in [0.05, 0.1) is 30.4 Å². The third kappa shape index (κ3) is 4.36. The lowest BCUT2D eigenvalue weighted by Gasteiger charge is -2.16. The first-order valence-electron chi connectivity index (χ1n) is 11.2. The van der Waals surface area contributed by atoms with E-state index in [0.717, 1.165) is 41.1 Å². The van der Waals surface area contributed by atoms with Crippen LogP contribution in [0, 0.1) is 13.8 Å². The van der Waals surface area contributed by atoms with Crippen molar-refractivity contribution in [1.29, 1.82) is 0 Å². The van der Waals surface area contributed by atoms with Gasteiger partial charge in [0, 0.05) is 41.6 Å². The van der Waals surface area contributed by atoms with E-state index in [-0.39, 0.29) is 17.5 Å². The minimum absolute atomic E-state index is 0.122. The van der Waals surface area contributed by atoms with E-state index in [1.165, 1.54) is 11.8 Å². The fourth-order valence-corrected chi connectivity index (χ4v) is 5.42. The molecule has 2 aliphatic rings. The number of rotatable bonds is 6. The van der Waals surface area contributed by atoms with Crippen LogP contribution in [0.1, 0.15) is 35.4 Å². The Hall–Kier alpha value is -3.45. The number of thioether (sulfide) groups is 1. The van der Waals surface area contributed by atoms with Gasteiger partial charge in [0.25, 0.3) is 0 Å². The summed E-state index contributed by atoms with van der Waals surface area (Å²) in [4.78, 5) is 36.7. The highest BCUT2D eigenvalue weighted by Gasteiger charge is 2.32. The zero-order valence-electron chi connectivity index (χ0n) is 19.5. The molecule has 1 aliphatic carbocycles. The van der Waals surface area contributed by atoms with Gasteiger partial charge in [-0.1, -0.05) is 0 Å². The Bertz CT molecular complexity index is 1330. The average molecular weight is 500 g/mol. The van der Waals surface area contributed by atoms with Crippen molar-refractivity contribution < 1.29 is 24.5 Å². The molecule has 13 heteroatoms. The van der Waals surface area contributed by atoms with Crippen LogP contribution < -0.4 is 15.0 Å².